The molecule has 0 aromatic heterocycles. The summed E-state index contributed by atoms with van der Waals surface area (Å²) in [5.41, 5.74) is 0. The maximum absolute atomic E-state index is 13.3. The Labute approximate surface area is 107 Å². The van der Waals surface area contributed by atoms with E-state index in [1.54, 1.807) is 4.72 Å². The number of sulfonamides is 1. The fourth-order valence-corrected chi connectivity index (χ4v) is 2.78. The minimum atomic E-state index is -4.61. The zero-order valence-corrected chi connectivity index (χ0v) is 10.5. The number of benzene rings is 1. The third-order valence-electron chi connectivity index (χ3n) is 2.07. The molecule has 1 aromatic rings. The van der Waals surface area contributed by atoms with E-state index in [4.69, 9.17) is 5.11 Å². The zero-order valence-electron chi connectivity index (χ0n) is 9.65. The van der Waals surface area contributed by atoms with Crippen molar-refractivity contribution in [1.29, 1.82) is 0 Å². The molecule has 106 valence electrons. The van der Waals surface area contributed by atoms with Gasteiger partial charge in [-0.15, -0.1) is 0 Å². The van der Waals surface area contributed by atoms with E-state index >= 15 is 0 Å². The molecule has 0 heterocycles. The molecule has 0 saturated carbocycles. The number of rotatable bonds is 5. The third kappa shape index (κ3) is 3.93. The van der Waals surface area contributed by atoms with E-state index in [0.717, 1.165) is 0 Å². The van der Waals surface area contributed by atoms with Gasteiger partial charge in [-0.2, -0.15) is 0 Å². The number of halogens is 3. The van der Waals surface area contributed by atoms with Gasteiger partial charge in [-0.05, 0) is 6.92 Å². The molecule has 0 fully saturated rings. The molecule has 0 aliphatic rings. The number of carboxylic acids is 1. The van der Waals surface area contributed by atoms with Crippen molar-refractivity contribution in [3.63, 3.8) is 0 Å². The van der Waals surface area contributed by atoms with E-state index in [0.29, 0.717) is 0 Å². The van der Waals surface area contributed by atoms with Gasteiger partial charge in [0.05, 0.1) is 6.42 Å². The van der Waals surface area contributed by atoms with Crippen molar-refractivity contribution in [1.82, 2.24) is 4.72 Å². The van der Waals surface area contributed by atoms with Gasteiger partial charge in [-0.1, -0.05) is 0 Å². The van der Waals surface area contributed by atoms with Crippen molar-refractivity contribution < 1.29 is 31.5 Å². The van der Waals surface area contributed by atoms with Crippen LogP contribution < -0.4 is 4.72 Å². The first kappa shape index (κ1) is 15.4. The Bertz CT molecular complexity index is 580. The molecule has 1 rings (SSSR count). The van der Waals surface area contributed by atoms with E-state index in [2.05, 4.69) is 0 Å². The summed E-state index contributed by atoms with van der Waals surface area (Å²) >= 11 is 0. The topological polar surface area (TPSA) is 83.5 Å². The van der Waals surface area contributed by atoms with Crippen LogP contribution in [-0.2, 0) is 14.8 Å². The monoisotopic (exact) mass is 297 g/mol. The average molecular weight is 297 g/mol. The highest BCUT2D eigenvalue weighted by atomic mass is 32.2. The zero-order chi connectivity index (χ0) is 14.8. The fourth-order valence-electron chi connectivity index (χ4n) is 1.41. The minimum absolute atomic E-state index is 0.222. The van der Waals surface area contributed by atoms with Crippen LogP contribution in [0.25, 0.3) is 0 Å². The molecule has 0 amide bonds. The molecule has 9 heteroatoms. The summed E-state index contributed by atoms with van der Waals surface area (Å²) < 4.78 is 64.4. The number of hydrogen-bond acceptors (Lipinski definition) is 3. The van der Waals surface area contributed by atoms with Crippen molar-refractivity contribution >= 4 is 16.0 Å². The van der Waals surface area contributed by atoms with Gasteiger partial charge >= 0.3 is 5.97 Å². The van der Waals surface area contributed by atoms with E-state index < -0.39 is 50.8 Å². The second kappa shape index (κ2) is 5.57. The van der Waals surface area contributed by atoms with Crippen LogP contribution in [0.3, 0.4) is 0 Å². The molecule has 0 aliphatic heterocycles. The van der Waals surface area contributed by atoms with Crippen molar-refractivity contribution in [3.05, 3.63) is 29.6 Å². The standard InChI is InChI=1S/C10H10F3NO4S/c1-5(2-9(15)16)14-19(17,18)10-7(12)3-6(11)4-8(10)13/h3-5,14H,2H2,1H3,(H,15,16). The van der Waals surface area contributed by atoms with E-state index in [9.17, 15) is 26.4 Å². The first-order valence-corrected chi connectivity index (χ1v) is 6.50. The van der Waals surface area contributed by atoms with E-state index in [1.807, 2.05) is 0 Å². The molecule has 1 aromatic carbocycles. The van der Waals surface area contributed by atoms with Crippen molar-refractivity contribution in [3.8, 4) is 0 Å². The number of carbonyl (C=O) groups is 1. The van der Waals surface area contributed by atoms with Crippen molar-refractivity contribution in [2.45, 2.75) is 24.3 Å². The molecule has 2 N–H and O–H groups in total. The fraction of sp³-hybridized carbons (Fsp3) is 0.300. The molecule has 5 nitrogen and oxygen atoms in total. The van der Waals surface area contributed by atoms with Gasteiger partial charge in [0.25, 0.3) is 0 Å². The highest BCUT2D eigenvalue weighted by Crippen LogP contribution is 2.20. The highest BCUT2D eigenvalue weighted by Gasteiger charge is 2.27. The molecular weight excluding hydrogens is 287 g/mol. The Balaban J connectivity index is 3.11. The lowest BCUT2D eigenvalue weighted by molar-refractivity contribution is -0.137. The van der Waals surface area contributed by atoms with Gasteiger partial charge in [-0.3, -0.25) is 4.79 Å². The molecule has 0 saturated heterocycles. The quantitative estimate of drug-likeness (QED) is 0.856. The number of aliphatic carboxylic acids is 1. The predicted octanol–water partition coefficient (Wildman–Crippen LogP) is 1.25. The second-order valence-electron chi connectivity index (χ2n) is 3.82. The summed E-state index contributed by atoms with van der Waals surface area (Å²) in [5.74, 6) is -5.72. The Morgan fingerprint density at radius 3 is 2.21 bits per heavy atom. The molecule has 1 atom stereocenters. The lowest BCUT2D eigenvalue weighted by Crippen LogP contribution is -2.35. The summed E-state index contributed by atoms with van der Waals surface area (Å²) in [6.45, 7) is 1.21. The minimum Gasteiger partial charge on any atom is -0.481 e. The number of hydrogen-bond donors (Lipinski definition) is 2. The maximum atomic E-state index is 13.3. The SMILES string of the molecule is CC(CC(=O)O)NS(=O)(=O)c1c(F)cc(F)cc1F. The molecular formula is C10H10F3NO4S. The predicted molar refractivity (Wildman–Crippen MR) is 58.4 cm³/mol. The van der Waals surface area contributed by atoms with Crippen molar-refractivity contribution in [2.24, 2.45) is 0 Å². The molecule has 19 heavy (non-hydrogen) atoms. The van der Waals surface area contributed by atoms with Gasteiger partial charge in [-0.25, -0.2) is 26.3 Å². The lowest BCUT2D eigenvalue weighted by Gasteiger charge is -2.13. The lowest BCUT2D eigenvalue weighted by atomic mass is 10.3. The molecule has 1 unspecified atom stereocenters. The Morgan fingerprint density at radius 1 is 1.32 bits per heavy atom. The van der Waals surface area contributed by atoms with Crippen LogP contribution in [0.1, 0.15) is 13.3 Å². The number of carboxylic acid groups (broad SMARTS) is 1. The number of nitrogens with one attached hydrogen (secondary N) is 1. The summed E-state index contributed by atoms with van der Waals surface area (Å²) in [6, 6.07) is -0.634. The van der Waals surface area contributed by atoms with Crippen LogP contribution in [0.15, 0.2) is 17.0 Å². The molecule has 0 spiro atoms. The Hall–Kier alpha value is -1.61. The van der Waals surface area contributed by atoms with Crippen LogP contribution in [0.5, 0.6) is 0 Å². The first-order valence-electron chi connectivity index (χ1n) is 5.02. The van der Waals surface area contributed by atoms with Gasteiger partial charge in [0.15, 0.2) is 4.90 Å². The maximum Gasteiger partial charge on any atom is 0.304 e. The van der Waals surface area contributed by atoms with Crippen molar-refractivity contribution in [2.75, 3.05) is 0 Å². The average Bonchev–Trinajstić information content (AvgIpc) is 2.10. The summed E-state index contributed by atoms with van der Waals surface area (Å²) in [7, 11) is -4.61. The van der Waals surface area contributed by atoms with Crippen LogP contribution in [-0.4, -0.2) is 25.5 Å². The second-order valence-corrected chi connectivity index (χ2v) is 5.47. The first-order chi connectivity index (χ1) is 8.63. The summed E-state index contributed by atoms with van der Waals surface area (Å²) in [4.78, 5) is 9.04. The summed E-state index contributed by atoms with van der Waals surface area (Å²) in [5, 5.41) is 8.46. The van der Waals surface area contributed by atoms with Gasteiger partial charge in [0.1, 0.15) is 17.5 Å². The Morgan fingerprint density at radius 2 is 1.79 bits per heavy atom. The molecule has 0 radical (unpaired) electrons. The Kier molecular flexibility index (Phi) is 4.53. The van der Waals surface area contributed by atoms with Gasteiger partial charge in [0, 0.05) is 18.2 Å². The molecule has 0 aliphatic carbocycles. The van der Waals surface area contributed by atoms with E-state index in [-0.39, 0.29) is 12.1 Å². The van der Waals surface area contributed by atoms with Gasteiger partial charge < -0.3 is 5.11 Å². The molecule has 0 bridgehead atoms. The third-order valence-corrected chi connectivity index (χ3v) is 3.71. The smallest absolute Gasteiger partial charge is 0.304 e. The summed E-state index contributed by atoms with van der Waals surface area (Å²) in [6.07, 6.45) is -0.566. The van der Waals surface area contributed by atoms with Crippen LogP contribution in [0.4, 0.5) is 13.2 Å². The van der Waals surface area contributed by atoms with Gasteiger partial charge in [0.2, 0.25) is 10.0 Å². The van der Waals surface area contributed by atoms with Crippen LogP contribution >= 0.6 is 0 Å². The van der Waals surface area contributed by atoms with Crippen LogP contribution in [0.2, 0.25) is 0 Å². The largest absolute Gasteiger partial charge is 0.481 e. The highest BCUT2D eigenvalue weighted by molar-refractivity contribution is 7.89. The normalized spacial score (nSPS) is 13.3. The van der Waals surface area contributed by atoms with E-state index in [1.165, 1.54) is 6.92 Å². The van der Waals surface area contributed by atoms with Crippen LogP contribution in [0, 0.1) is 17.5 Å².